The highest BCUT2D eigenvalue weighted by atomic mass is 32.2. The molecule has 10 heteroatoms. The Kier molecular flexibility index (Phi) is 5.78. The lowest BCUT2D eigenvalue weighted by Gasteiger charge is -2.06. The molecule has 0 saturated carbocycles. The Bertz CT molecular complexity index is 1350. The van der Waals surface area contributed by atoms with Gasteiger partial charge in [-0.3, -0.25) is 14.2 Å². The molecule has 0 aliphatic rings. The van der Waals surface area contributed by atoms with Gasteiger partial charge in [0.2, 0.25) is 11.7 Å². The van der Waals surface area contributed by atoms with E-state index in [4.69, 9.17) is 0 Å². The molecule has 0 saturated heterocycles. The summed E-state index contributed by atoms with van der Waals surface area (Å²) in [5.41, 5.74) is 0.587. The predicted octanol–water partition coefficient (Wildman–Crippen LogP) is 3.03. The number of amides is 1. The Balaban J connectivity index is 1.73. The molecule has 0 spiro atoms. The molecule has 0 atom stereocenters. The Morgan fingerprint density at radius 1 is 1.27 bits per heavy atom. The fourth-order valence-corrected chi connectivity index (χ4v) is 4.58. The summed E-state index contributed by atoms with van der Waals surface area (Å²) in [5.74, 6) is -0.0932. The molecule has 0 aliphatic heterocycles. The van der Waals surface area contributed by atoms with E-state index in [-0.39, 0.29) is 23.8 Å². The molecule has 1 N–H and O–H groups in total. The number of hydrogen-bond donors (Lipinski definition) is 1. The first-order chi connectivity index (χ1) is 14.5. The largest absolute Gasteiger partial charge is 0.352 e. The van der Waals surface area contributed by atoms with Crippen LogP contribution in [0.15, 0.2) is 50.2 Å². The van der Waals surface area contributed by atoms with Crippen molar-refractivity contribution in [3.05, 3.63) is 56.5 Å². The average molecular weight is 444 g/mol. The Hall–Kier alpha value is -2.85. The van der Waals surface area contributed by atoms with Crippen molar-refractivity contribution in [3.63, 3.8) is 0 Å². The summed E-state index contributed by atoms with van der Waals surface area (Å²) in [6.07, 6.45) is 3.66. The van der Waals surface area contributed by atoms with Gasteiger partial charge in [0.05, 0.1) is 5.52 Å². The van der Waals surface area contributed by atoms with Crippen molar-refractivity contribution in [2.24, 2.45) is 0 Å². The predicted molar refractivity (Wildman–Crippen MR) is 121 cm³/mol. The zero-order valence-corrected chi connectivity index (χ0v) is 18.3. The van der Waals surface area contributed by atoms with Crippen LogP contribution in [-0.4, -0.2) is 30.9 Å². The van der Waals surface area contributed by atoms with Gasteiger partial charge in [0.15, 0.2) is 0 Å². The lowest BCUT2D eigenvalue weighted by molar-refractivity contribution is -0.117. The molecule has 0 bridgehead atoms. The van der Waals surface area contributed by atoms with Gasteiger partial charge in [-0.1, -0.05) is 19.4 Å². The van der Waals surface area contributed by atoms with E-state index in [2.05, 4.69) is 10.4 Å². The molecule has 3 aromatic heterocycles. The molecule has 4 aromatic rings. The minimum atomic E-state index is -0.438. The number of fused-ring (bicyclic) bond motifs is 3. The summed E-state index contributed by atoms with van der Waals surface area (Å²) >= 11 is 2.88. The van der Waals surface area contributed by atoms with Crippen LogP contribution in [0.4, 0.5) is 5.69 Å². The molecular formula is C20H21N5O3S2. The van der Waals surface area contributed by atoms with Crippen LogP contribution in [0.25, 0.3) is 16.0 Å². The maximum atomic E-state index is 13.0. The second kappa shape index (κ2) is 8.49. The quantitative estimate of drug-likeness (QED) is 0.444. The van der Waals surface area contributed by atoms with Gasteiger partial charge in [-0.05, 0) is 42.3 Å². The Morgan fingerprint density at radius 2 is 2.10 bits per heavy atom. The standard InChI is InChI=1S/C20H21N5O3S2/c1-3-4-9-23-18(27)17-15(8-10-30-17)25-19(23)22-24(20(25)28)12-16(26)21-13-6-5-7-14(11-13)29-2/h5-8,10-11H,3-4,9,12H2,1-2H3,(H,21,26). The highest BCUT2D eigenvalue weighted by molar-refractivity contribution is 7.98. The molecule has 3 heterocycles. The number of benzene rings is 1. The number of aromatic nitrogens is 4. The monoisotopic (exact) mass is 443 g/mol. The van der Waals surface area contributed by atoms with Gasteiger partial charge in [-0.15, -0.1) is 28.2 Å². The van der Waals surface area contributed by atoms with Crippen LogP contribution in [0.1, 0.15) is 19.8 Å². The second-order valence-electron chi connectivity index (χ2n) is 6.80. The van der Waals surface area contributed by atoms with Gasteiger partial charge in [0.1, 0.15) is 11.2 Å². The number of carbonyl (C=O) groups is 1. The SMILES string of the molecule is CCCCn1c(=O)c2sccc2n2c(=O)n(CC(=O)Nc3cccc(SC)c3)nc12. The molecule has 30 heavy (non-hydrogen) atoms. The summed E-state index contributed by atoms with van der Waals surface area (Å²) in [4.78, 5) is 39.5. The fourth-order valence-electron chi connectivity index (χ4n) is 3.29. The number of carbonyl (C=O) groups excluding carboxylic acids is 1. The van der Waals surface area contributed by atoms with E-state index in [1.807, 2.05) is 31.4 Å². The molecule has 8 nitrogen and oxygen atoms in total. The summed E-state index contributed by atoms with van der Waals surface area (Å²) in [6, 6.07) is 9.21. The van der Waals surface area contributed by atoms with E-state index in [9.17, 15) is 14.4 Å². The third-order valence-electron chi connectivity index (χ3n) is 4.77. The first-order valence-corrected chi connectivity index (χ1v) is 11.7. The molecule has 0 fully saturated rings. The number of nitrogens with one attached hydrogen (secondary N) is 1. The van der Waals surface area contributed by atoms with Gasteiger partial charge in [-0.25, -0.2) is 13.9 Å². The first kappa shape index (κ1) is 20.4. The highest BCUT2D eigenvalue weighted by Gasteiger charge is 2.19. The van der Waals surface area contributed by atoms with Gasteiger partial charge >= 0.3 is 5.69 Å². The topological polar surface area (TPSA) is 90.4 Å². The van der Waals surface area contributed by atoms with E-state index >= 15 is 0 Å². The van der Waals surface area contributed by atoms with Gasteiger partial charge in [-0.2, -0.15) is 0 Å². The number of nitrogens with zero attached hydrogens (tertiary/aromatic N) is 4. The van der Waals surface area contributed by atoms with Crippen LogP contribution >= 0.6 is 23.1 Å². The van der Waals surface area contributed by atoms with E-state index in [0.29, 0.717) is 22.4 Å². The van der Waals surface area contributed by atoms with Gasteiger partial charge in [0.25, 0.3) is 5.56 Å². The molecule has 0 unspecified atom stereocenters. The number of hydrogen-bond acceptors (Lipinski definition) is 6. The summed E-state index contributed by atoms with van der Waals surface area (Å²) in [7, 11) is 0. The molecule has 0 radical (unpaired) electrons. The van der Waals surface area contributed by atoms with Crippen LogP contribution < -0.4 is 16.6 Å². The average Bonchev–Trinajstić information content (AvgIpc) is 3.33. The van der Waals surface area contributed by atoms with Gasteiger partial charge in [0, 0.05) is 17.1 Å². The van der Waals surface area contributed by atoms with E-state index < -0.39 is 5.69 Å². The van der Waals surface area contributed by atoms with Crippen LogP contribution in [0, 0.1) is 0 Å². The lowest BCUT2D eigenvalue weighted by Crippen LogP contribution is -2.29. The minimum Gasteiger partial charge on any atom is -0.324 e. The fraction of sp³-hybridized carbons (Fsp3) is 0.300. The van der Waals surface area contributed by atoms with Crippen LogP contribution in [0.2, 0.25) is 0 Å². The van der Waals surface area contributed by atoms with Gasteiger partial charge < -0.3 is 5.32 Å². The zero-order valence-electron chi connectivity index (χ0n) is 16.6. The summed E-state index contributed by atoms with van der Waals surface area (Å²) in [5, 5.41) is 8.92. The normalized spacial score (nSPS) is 11.4. The van der Waals surface area contributed by atoms with Crippen LogP contribution in [0.3, 0.4) is 0 Å². The van der Waals surface area contributed by atoms with Crippen molar-refractivity contribution in [3.8, 4) is 0 Å². The third kappa shape index (κ3) is 3.68. The molecule has 1 aromatic carbocycles. The molecule has 1 amide bonds. The Morgan fingerprint density at radius 3 is 2.87 bits per heavy atom. The van der Waals surface area contributed by atoms with Crippen molar-refractivity contribution < 1.29 is 4.79 Å². The van der Waals surface area contributed by atoms with Crippen molar-refractivity contribution in [1.82, 2.24) is 18.7 Å². The highest BCUT2D eigenvalue weighted by Crippen LogP contribution is 2.19. The van der Waals surface area contributed by atoms with Crippen molar-refractivity contribution in [2.75, 3.05) is 11.6 Å². The van der Waals surface area contributed by atoms with Crippen LogP contribution in [0.5, 0.6) is 0 Å². The third-order valence-corrected chi connectivity index (χ3v) is 6.39. The first-order valence-electron chi connectivity index (χ1n) is 9.57. The molecule has 0 aliphatic carbocycles. The maximum Gasteiger partial charge on any atom is 0.352 e. The lowest BCUT2D eigenvalue weighted by atomic mass is 10.3. The summed E-state index contributed by atoms with van der Waals surface area (Å²) < 4.78 is 4.57. The molecule has 4 rings (SSSR count). The van der Waals surface area contributed by atoms with E-state index in [1.165, 1.54) is 20.3 Å². The van der Waals surface area contributed by atoms with Crippen LogP contribution in [-0.2, 0) is 17.9 Å². The zero-order chi connectivity index (χ0) is 21.3. The smallest absolute Gasteiger partial charge is 0.324 e. The van der Waals surface area contributed by atoms with E-state index in [0.717, 1.165) is 22.4 Å². The van der Waals surface area contributed by atoms with E-state index in [1.54, 1.807) is 29.3 Å². The molecular weight excluding hydrogens is 422 g/mol. The van der Waals surface area contributed by atoms with Crippen molar-refractivity contribution in [2.45, 2.75) is 37.8 Å². The number of thiophene rings is 1. The molecule has 156 valence electrons. The number of rotatable bonds is 7. The number of aryl methyl sites for hydroxylation is 1. The van der Waals surface area contributed by atoms with Crippen molar-refractivity contribution >= 4 is 50.7 Å². The van der Waals surface area contributed by atoms with Crippen molar-refractivity contribution in [1.29, 1.82) is 0 Å². The minimum absolute atomic E-state index is 0.156. The number of unbranched alkanes of at least 4 members (excludes halogenated alkanes) is 1. The second-order valence-corrected chi connectivity index (χ2v) is 8.60. The number of thioether (sulfide) groups is 1. The maximum absolute atomic E-state index is 13.0. The Labute approximate surface area is 180 Å². The number of anilines is 1. The summed E-state index contributed by atoms with van der Waals surface area (Å²) in [6.45, 7) is 2.27.